The molecule has 0 saturated carbocycles. The van der Waals surface area contributed by atoms with Gasteiger partial charge in [0.15, 0.2) is 0 Å². The first-order chi connectivity index (χ1) is 43.1. The van der Waals surface area contributed by atoms with Crippen molar-refractivity contribution in [2.45, 2.75) is 0 Å². The van der Waals surface area contributed by atoms with E-state index in [1.54, 1.807) is 0 Å². The van der Waals surface area contributed by atoms with E-state index in [1.807, 2.05) is 0 Å². The zero-order chi connectivity index (χ0) is 57.6. The van der Waals surface area contributed by atoms with E-state index in [2.05, 4.69) is 360 Å². The fourth-order valence-corrected chi connectivity index (χ4v) is 13.0. The average molecular weight is 1110 g/mol. The summed E-state index contributed by atoms with van der Waals surface area (Å²) in [4.78, 5) is 2.39. The Morgan fingerprint density at radius 2 is 0.414 bits per heavy atom. The molecule has 0 atom stereocenters. The van der Waals surface area contributed by atoms with Crippen molar-refractivity contribution in [2.24, 2.45) is 0 Å². The molecule has 0 aliphatic rings. The summed E-state index contributed by atoms with van der Waals surface area (Å²) >= 11 is 0. The number of fused-ring (bicyclic) bond motifs is 6. The molecule has 0 aliphatic carbocycles. The number of hydrogen-bond acceptors (Lipinski definition) is 1. The highest BCUT2D eigenvalue weighted by molar-refractivity contribution is 6.13. The van der Waals surface area contributed by atoms with Gasteiger partial charge in [0.25, 0.3) is 0 Å². The first kappa shape index (κ1) is 51.1. The van der Waals surface area contributed by atoms with E-state index >= 15 is 0 Å². The van der Waals surface area contributed by atoms with E-state index in [9.17, 15) is 0 Å². The van der Waals surface area contributed by atoms with E-state index in [-0.39, 0.29) is 0 Å². The summed E-state index contributed by atoms with van der Waals surface area (Å²) in [6, 6.07) is 126. The minimum Gasteiger partial charge on any atom is -0.310 e. The number of hydrogen-bond donors (Lipinski definition) is 0. The minimum absolute atomic E-state index is 1.06. The smallest absolute Gasteiger partial charge is 0.0541 e. The molecule has 3 nitrogen and oxygen atoms in total. The van der Waals surface area contributed by atoms with Crippen LogP contribution in [0, 0.1) is 0 Å². The van der Waals surface area contributed by atoms with Crippen LogP contribution in [-0.4, -0.2) is 9.13 Å². The molecule has 408 valence electrons. The summed E-state index contributed by atoms with van der Waals surface area (Å²) in [6.45, 7) is 0. The van der Waals surface area contributed by atoms with Gasteiger partial charge in [-0.15, -0.1) is 0 Å². The summed E-state index contributed by atoms with van der Waals surface area (Å²) in [5.41, 5.74) is 26.5. The van der Waals surface area contributed by atoms with Crippen LogP contribution in [0.4, 0.5) is 17.1 Å². The molecule has 14 aromatic carbocycles. The lowest BCUT2D eigenvalue weighted by molar-refractivity contribution is 1.18. The zero-order valence-electron chi connectivity index (χ0n) is 47.8. The molecule has 0 spiro atoms. The molecule has 16 rings (SSSR count). The maximum Gasteiger partial charge on any atom is 0.0541 e. The second-order valence-corrected chi connectivity index (χ2v) is 22.5. The number of rotatable bonds is 12. The van der Waals surface area contributed by atoms with Crippen LogP contribution >= 0.6 is 0 Å². The highest BCUT2D eigenvalue weighted by Gasteiger charge is 2.20. The Kier molecular flexibility index (Phi) is 12.9. The van der Waals surface area contributed by atoms with Crippen LogP contribution in [-0.2, 0) is 0 Å². The lowest BCUT2D eigenvalue weighted by Gasteiger charge is -2.26. The van der Waals surface area contributed by atoms with Gasteiger partial charge in [-0.1, -0.05) is 218 Å². The first-order valence-electron chi connectivity index (χ1n) is 29.9. The van der Waals surface area contributed by atoms with Crippen LogP contribution in [0.5, 0.6) is 0 Å². The monoisotopic (exact) mass is 1110 g/mol. The van der Waals surface area contributed by atoms with Gasteiger partial charge >= 0.3 is 0 Å². The molecule has 2 aromatic heterocycles. The van der Waals surface area contributed by atoms with Gasteiger partial charge in [0.2, 0.25) is 0 Å². The van der Waals surface area contributed by atoms with Crippen LogP contribution < -0.4 is 4.90 Å². The van der Waals surface area contributed by atoms with Crippen LogP contribution in [0.25, 0.3) is 133 Å². The van der Waals surface area contributed by atoms with Crippen molar-refractivity contribution in [3.05, 3.63) is 346 Å². The third-order valence-electron chi connectivity index (χ3n) is 17.3. The van der Waals surface area contributed by atoms with Crippen molar-refractivity contribution >= 4 is 60.7 Å². The molecular weight excluding hydrogens is 1050 g/mol. The summed E-state index contributed by atoms with van der Waals surface area (Å²) in [5.74, 6) is 0. The SMILES string of the molecule is c1ccc(-c2ccc(N(c3ccc(-c4ccccc4)cc3)c3cccc(-c4cc(-c5ccc6c(c5)c5cc(-c7ccccc7)ccc5n6-c5ccccc5)cc(-c5ccc6c(c5)c5cc(-c7ccccc7)ccc5n6-c5ccccc5)c4)c3)cc2)cc1. The van der Waals surface area contributed by atoms with Crippen molar-refractivity contribution in [1.29, 1.82) is 0 Å². The van der Waals surface area contributed by atoms with Gasteiger partial charge in [-0.2, -0.15) is 0 Å². The average Bonchev–Trinajstić information content (AvgIpc) is 1.80. The minimum atomic E-state index is 1.06. The second-order valence-electron chi connectivity index (χ2n) is 22.5. The van der Waals surface area contributed by atoms with Gasteiger partial charge < -0.3 is 14.0 Å². The topological polar surface area (TPSA) is 13.1 Å². The molecule has 16 aromatic rings. The standard InChI is InChI=1S/C84H57N3/c1-7-20-58(21-8-1)62-34-42-74(43-35-62)85(75-44-36-63(37-45-75)59-22-9-2-10-23-59)76-33-19-28-64(53-76)69-50-70(67-40-48-83-79(56-67)77-54-65(60-24-11-3-12-25-60)38-46-81(77)86(83)72-29-15-5-16-30-72)52-71(51-69)68-41-49-84-80(57-68)78-55-66(61-26-13-4-14-27-61)39-47-82(78)87(84)73-31-17-6-18-32-73/h1-57H. The van der Waals surface area contributed by atoms with Crippen LogP contribution in [0.3, 0.4) is 0 Å². The van der Waals surface area contributed by atoms with E-state index in [0.29, 0.717) is 0 Å². The van der Waals surface area contributed by atoms with Crippen LogP contribution in [0.15, 0.2) is 346 Å². The molecule has 87 heavy (non-hydrogen) atoms. The van der Waals surface area contributed by atoms with Crippen molar-refractivity contribution in [3.63, 3.8) is 0 Å². The van der Waals surface area contributed by atoms with Crippen molar-refractivity contribution < 1.29 is 0 Å². The number of anilines is 3. The molecule has 3 heteroatoms. The summed E-state index contributed by atoms with van der Waals surface area (Å²) in [5, 5.41) is 4.83. The Morgan fingerprint density at radius 3 is 0.747 bits per heavy atom. The summed E-state index contributed by atoms with van der Waals surface area (Å²) in [6.07, 6.45) is 0. The largest absolute Gasteiger partial charge is 0.310 e. The Hall–Kier alpha value is -11.5. The number of para-hydroxylation sites is 2. The lowest BCUT2D eigenvalue weighted by Crippen LogP contribution is -2.10. The Bertz CT molecular complexity index is 4850. The summed E-state index contributed by atoms with van der Waals surface area (Å²) in [7, 11) is 0. The predicted octanol–water partition coefficient (Wildman–Crippen LogP) is 23.0. The van der Waals surface area contributed by atoms with E-state index in [1.165, 1.54) is 77.1 Å². The normalized spacial score (nSPS) is 11.4. The fourth-order valence-electron chi connectivity index (χ4n) is 13.0. The maximum atomic E-state index is 2.42. The number of aromatic nitrogens is 2. The highest BCUT2D eigenvalue weighted by atomic mass is 15.1. The van der Waals surface area contributed by atoms with Crippen LogP contribution in [0.2, 0.25) is 0 Å². The van der Waals surface area contributed by atoms with E-state index in [0.717, 1.165) is 72.9 Å². The molecule has 0 unspecified atom stereocenters. The van der Waals surface area contributed by atoms with Crippen LogP contribution in [0.1, 0.15) is 0 Å². The molecule has 0 saturated heterocycles. The molecule has 2 heterocycles. The second kappa shape index (κ2) is 21.9. The molecule has 0 aliphatic heterocycles. The van der Waals surface area contributed by atoms with Crippen molar-refractivity contribution in [2.75, 3.05) is 4.90 Å². The number of nitrogens with zero attached hydrogens (tertiary/aromatic N) is 3. The Balaban J connectivity index is 0.895. The predicted molar refractivity (Wildman–Crippen MR) is 368 cm³/mol. The van der Waals surface area contributed by atoms with Gasteiger partial charge in [-0.25, -0.2) is 0 Å². The van der Waals surface area contributed by atoms with Gasteiger partial charge in [-0.05, 0) is 205 Å². The molecule has 0 bridgehead atoms. The zero-order valence-corrected chi connectivity index (χ0v) is 47.8. The van der Waals surface area contributed by atoms with Crippen molar-refractivity contribution in [3.8, 4) is 89.3 Å². The van der Waals surface area contributed by atoms with E-state index < -0.39 is 0 Å². The molecule has 0 amide bonds. The fraction of sp³-hybridized carbons (Fsp3) is 0. The highest BCUT2D eigenvalue weighted by Crippen LogP contribution is 2.44. The summed E-state index contributed by atoms with van der Waals surface area (Å²) < 4.78 is 4.83. The third-order valence-corrected chi connectivity index (χ3v) is 17.3. The Labute approximate surface area is 506 Å². The third kappa shape index (κ3) is 9.54. The van der Waals surface area contributed by atoms with Gasteiger partial charge in [0.05, 0.1) is 22.1 Å². The molecule has 0 N–H and O–H groups in total. The molecular formula is C84H57N3. The lowest BCUT2D eigenvalue weighted by atomic mass is 9.92. The first-order valence-corrected chi connectivity index (χ1v) is 29.9. The molecule has 0 radical (unpaired) electrons. The maximum absolute atomic E-state index is 2.42. The van der Waals surface area contributed by atoms with Crippen molar-refractivity contribution in [1.82, 2.24) is 9.13 Å². The number of benzene rings is 14. The Morgan fingerprint density at radius 1 is 0.161 bits per heavy atom. The molecule has 0 fully saturated rings. The van der Waals surface area contributed by atoms with Gasteiger partial charge in [0.1, 0.15) is 0 Å². The van der Waals surface area contributed by atoms with E-state index in [4.69, 9.17) is 0 Å². The van der Waals surface area contributed by atoms with Gasteiger partial charge in [-0.3, -0.25) is 0 Å². The quantitative estimate of drug-likeness (QED) is 0.119. The van der Waals surface area contributed by atoms with Gasteiger partial charge in [0, 0.05) is 50.0 Å².